The quantitative estimate of drug-likeness (QED) is 0.500. The van der Waals surface area contributed by atoms with Crippen LogP contribution in [0.3, 0.4) is 0 Å². The molecule has 4 nitrogen and oxygen atoms in total. The fourth-order valence-electron chi connectivity index (χ4n) is 2.82. The van der Waals surface area contributed by atoms with E-state index in [0.29, 0.717) is 18.1 Å². The maximum atomic E-state index is 12.6. The van der Waals surface area contributed by atoms with Crippen molar-refractivity contribution in [1.82, 2.24) is 5.43 Å². The molecule has 0 saturated carbocycles. The number of nitrogens with one attached hydrogen (secondary N) is 1. The van der Waals surface area contributed by atoms with Crippen LogP contribution in [0.5, 0.6) is 5.75 Å². The summed E-state index contributed by atoms with van der Waals surface area (Å²) < 4.78 is 5.66. The molecule has 0 aromatic heterocycles. The van der Waals surface area contributed by atoms with Gasteiger partial charge in [-0.05, 0) is 59.0 Å². The minimum atomic E-state index is -0.211. The lowest BCUT2D eigenvalue weighted by atomic mass is 9.99. The van der Waals surface area contributed by atoms with E-state index in [2.05, 4.69) is 24.4 Å². The molecule has 0 fully saturated rings. The molecule has 1 amide bonds. The van der Waals surface area contributed by atoms with Crippen molar-refractivity contribution in [2.24, 2.45) is 11.0 Å². The van der Waals surface area contributed by atoms with Gasteiger partial charge in [0.15, 0.2) is 0 Å². The fourth-order valence-corrected chi connectivity index (χ4v) is 2.82. The predicted molar refractivity (Wildman–Crippen MR) is 111 cm³/mol. The van der Waals surface area contributed by atoms with Crippen LogP contribution in [0.4, 0.5) is 0 Å². The lowest BCUT2D eigenvalue weighted by molar-refractivity contribution is 0.0956. The highest BCUT2D eigenvalue weighted by Crippen LogP contribution is 2.22. The van der Waals surface area contributed by atoms with Gasteiger partial charge in [0.1, 0.15) is 5.75 Å². The van der Waals surface area contributed by atoms with E-state index in [1.54, 1.807) is 6.21 Å². The maximum absolute atomic E-state index is 12.6. The third-order valence-corrected chi connectivity index (χ3v) is 4.21. The second-order valence-corrected chi connectivity index (χ2v) is 6.95. The zero-order valence-corrected chi connectivity index (χ0v) is 15.9. The Morgan fingerprint density at radius 1 is 1.07 bits per heavy atom. The van der Waals surface area contributed by atoms with E-state index < -0.39 is 0 Å². The molecular weight excluding hydrogens is 336 g/mol. The number of aryl methyl sites for hydroxylation is 1. The van der Waals surface area contributed by atoms with Crippen LogP contribution in [0.15, 0.2) is 65.8 Å². The second kappa shape index (κ2) is 8.49. The van der Waals surface area contributed by atoms with Gasteiger partial charge in [-0.3, -0.25) is 4.79 Å². The van der Waals surface area contributed by atoms with E-state index in [-0.39, 0.29) is 5.91 Å². The molecule has 0 bridgehead atoms. The first-order valence-electron chi connectivity index (χ1n) is 9.09. The van der Waals surface area contributed by atoms with E-state index in [1.807, 2.05) is 67.6 Å². The molecule has 27 heavy (non-hydrogen) atoms. The van der Waals surface area contributed by atoms with Crippen molar-refractivity contribution in [3.63, 3.8) is 0 Å². The standard InChI is InChI=1S/C23H24N2O2/c1-16(2)15-27-20-12-9-18(10-13-20)14-24-25-23(26)22-17(3)8-11-19-6-4-5-7-21(19)22/h4-14,16H,15H2,1-3H3,(H,25,26)/b24-14-. The Morgan fingerprint density at radius 3 is 2.56 bits per heavy atom. The zero-order valence-electron chi connectivity index (χ0n) is 15.9. The molecule has 0 spiro atoms. The number of hydrogen-bond acceptors (Lipinski definition) is 3. The van der Waals surface area contributed by atoms with Gasteiger partial charge in [0.25, 0.3) is 5.91 Å². The summed E-state index contributed by atoms with van der Waals surface area (Å²) in [5.41, 5.74) is 5.10. The van der Waals surface area contributed by atoms with Crippen LogP contribution in [-0.2, 0) is 0 Å². The topological polar surface area (TPSA) is 50.7 Å². The van der Waals surface area contributed by atoms with Crippen molar-refractivity contribution in [3.8, 4) is 5.75 Å². The Labute approximate surface area is 159 Å². The molecule has 0 saturated heterocycles. The summed E-state index contributed by atoms with van der Waals surface area (Å²) in [6, 6.07) is 19.5. The van der Waals surface area contributed by atoms with Crippen molar-refractivity contribution in [3.05, 3.63) is 77.4 Å². The van der Waals surface area contributed by atoms with E-state index in [4.69, 9.17) is 4.74 Å². The van der Waals surface area contributed by atoms with Crippen molar-refractivity contribution in [2.75, 3.05) is 6.61 Å². The number of hydrogen-bond donors (Lipinski definition) is 1. The first kappa shape index (κ1) is 18.6. The predicted octanol–water partition coefficient (Wildman–Crippen LogP) is 4.95. The smallest absolute Gasteiger partial charge is 0.272 e. The van der Waals surface area contributed by atoms with Crippen molar-refractivity contribution < 1.29 is 9.53 Å². The van der Waals surface area contributed by atoms with Gasteiger partial charge in [-0.25, -0.2) is 5.43 Å². The van der Waals surface area contributed by atoms with E-state index in [0.717, 1.165) is 27.6 Å². The largest absolute Gasteiger partial charge is 0.493 e. The van der Waals surface area contributed by atoms with Gasteiger partial charge >= 0.3 is 0 Å². The number of carbonyl (C=O) groups excluding carboxylic acids is 1. The zero-order chi connectivity index (χ0) is 19.2. The fraction of sp³-hybridized carbons (Fsp3) is 0.217. The molecule has 138 valence electrons. The van der Waals surface area contributed by atoms with Crippen LogP contribution < -0.4 is 10.2 Å². The molecule has 3 rings (SSSR count). The average Bonchev–Trinajstić information content (AvgIpc) is 2.67. The Kier molecular flexibility index (Phi) is 5.87. The summed E-state index contributed by atoms with van der Waals surface area (Å²) in [6.45, 7) is 6.84. The Morgan fingerprint density at radius 2 is 1.81 bits per heavy atom. The molecule has 0 unspecified atom stereocenters. The van der Waals surface area contributed by atoms with Crippen LogP contribution in [0.2, 0.25) is 0 Å². The summed E-state index contributed by atoms with van der Waals surface area (Å²) in [5, 5.41) is 6.07. The van der Waals surface area contributed by atoms with Crippen molar-refractivity contribution in [2.45, 2.75) is 20.8 Å². The molecule has 1 N–H and O–H groups in total. The third kappa shape index (κ3) is 4.73. The number of benzene rings is 3. The highest BCUT2D eigenvalue weighted by molar-refractivity contribution is 6.08. The number of amides is 1. The monoisotopic (exact) mass is 360 g/mol. The molecule has 0 radical (unpaired) electrons. The van der Waals surface area contributed by atoms with E-state index in [9.17, 15) is 4.79 Å². The number of ether oxygens (including phenoxy) is 1. The number of hydrazone groups is 1. The minimum Gasteiger partial charge on any atom is -0.493 e. The molecule has 3 aromatic carbocycles. The highest BCUT2D eigenvalue weighted by Gasteiger charge is 2.12. The molecule has 3 aromatic rings. The van der Waals surface area contributed by atoms with Crippen LogP contribution >= 0.6 is 0 Å². The second-order valence-electron chi connectivity index (χ2n) is 6.95. The van der Waals surface area contributed by atoms with Gasteiger partial charge in [0, 0.05) is 0 Å². The minimum absolute atomic E-state index is 0.211. The molecule has 0 aliphatic rings. The molecule has 0 aliphatic heterocycles. The molecular formula is C23H24N2O2. The third-order valence-electron chi connectivity index (χ3n) is 4.21. The van der Waals surface area contributed by atoms with Gasteiger partial charge in [-0.15, -0.1) is 0 Å². The van der Waals surface area contributed by atoms with Gasteiger partial charge in [0.2, 0.25) is 0 Å². The highest BCUT2D eigenvalue weighted by atomic mass is 16.5. The SMILES string of the molecule is Cc1ccc2ccccc2c1C(=O)N/N=C\c1ccc(OCC(C)C)cc1. The van der Waals surface area contributed by atoms with Gasteiger partial charge in [-0.1, -0.05) is 50.2 Å². The number of carbonyl (C=O) groups is 1. The summed E-state index contributed by atoms with van der Waals surface area (Å²) in [4.78, 5) is 12.6. The summed E-state index contributed by atoms with van der Waals surface area (Å²) >= 11 is 0. The van der Waals surface area contributed by atoms with E-state index in [1.165, 1.54) is 0 Å². The Bertz CT molecular complexity index is 960. The molecule has 0 heterocycles. The normalized spacial score (nSPS) is 11.3. The maximum Gasteiger partial charge on any atom is 0.272 e. The Balaban J connectivity index is 1.68. The van der Waals surface area contributed by atoms with Gasteiger partial charge < -0.3 is 4.74 Å². The average molecular weight is 360 g/mol. The van der Waals surface area contributed by atoms with E-state index >= 15 is 0 Å². The summed E-state index contributed by atoms with van der Waals surface area (Å²) in [6.07, 6.45) is 1.63. The summed E-state index contributed by atoms with van der Waals surface area (Å²) in [7, 11) is 0. The number of rotatable bonds is 6. The Hall–Kier alpha value is -3.14. The van der Waals surface area contributed by atoms with Crippen LogP contribution in [0.25, 0.3) is 10.8 Å². The van der Waals surface area contributed by atoms with Gasteiger partial charge in [0.05, 0.1) is 18.4 Å². The van der Waals surface area contributed by atoms with Crippen LogP contribution in [0, 0.1) is 12.8 Å². The first-order valence-corrected chi connectivity index (χ1v) is 9.09. The number of fused-ring (bicyclic) bond motifs is 1. The van der Waals surface area contributed by atoms with Crippen LogP contribution in [0.1, 0.15) is 35.3 Å². The first-order chi connectivity index (χ1) is 13.0. The van der Waals surface area contributed by atoms with Crippen molar-refractivity contribution >= 4 is 22.9 Å². The lowest BCUT2D eigenvalue weighted by Gasteiger charge is -2.09. The lowest BCUT2D eigenvalue weighted by Crippen LogP contribution is -2.19. The molecule has 0 atom stereocenters. The molecule has 4 heteroatoms. The van der Waals surface area contributed by atoms with Crippen LogP contribution in [-0.4, -0.2) is 18.7 Å². The summed E-state index contributed by atoms with van der Waals surface area (Å²) in [5.74, 6) is 1.10. The van der Waals surface area contributed by atoms with Crippen molar-refractivity contribution in [1.29, 1.82) is 0 Å². The van der Waals surface area contributed by atoms with Gasteiger partial charge in [-0.2, -0.15) is 5.10 Å². The molecule has 0 aliphatic carbocycles. The number of nitrogens with zero attached hydrogens (tertiary/aromatic N) is 1.